The van der Waals surface area contributed by atoms with E-state index in [2.05, 4.69) is 10.0 Å². The topological polar surface area (TPSA) is 91.9 Å². The number of amides is 1. The first-order chi connectivity index (χ1) is 6.74. The normalized spacial score (nSPS) is 11.5. The Morgan fingerprint density at radius 3 is 2.71 bits per heavy atom. The summed E-state index contributed by atoms with van der Waals surface area (Å²) in [6.07, 6.45) is 0.388. The van der Waals surface area contributed by atoms with E-state index < -0.39 is 11.9 Å². The average Bonchev–Trinajstić information content (AvgIpc) is 2.19. The minimum atomic E-state index is -0.756. The van der Waals surface area contributed by atoms with Crippen LogP contribution < -0.4 is 5.73 Å². The molecule has 0 saturated carbocycles. The molecule has 0 aliphatic carbocycles. The largest absolute Gasteiger partial charge is 0.321 e. The van der Waals surface area contributed by atoms with Gasteiger partial charge in [-0.2, -0.15) is 0 Å². The molecule has 1 aromatic carbocycles. The Bertz CT molecular complexity index is 356. The first-order valence-electron chi connectivity index (χ1n) is 4.12. The van der Waals surface area contributed by atoms with E-state index in [1.807, 2.05) is 30.3 Å². The van der Waals surface area contributed by atoms with Crippen molar-refractivity contribution in [3.05, 3.63) is 46.3 Å². The van der Waals surface area contributed by atoms with Crippen molar-refractivity contribution in [1.82, 2.24) is 0 Å². The van der Waals surface area contributed by atoms with Crippen LogP contribution in [0.1, 0.15) is 5.56 Å². The molecule has 0 unspecified atom stereocenters. The number of nitrogens with two attached hydrogens (primary N) is 1. The molecule has 0 aliphatic rings. The third-order valence-electron chi connectivity index (χ3n) is 1.76. The first-order valence-corrected chi connectivity index (χ1v) is 4.12. The summed E-state index contributed by atoms with van der Waals surface area (Å²) in [6.45, 7) is 0. The van der Waals surface area contributed by atoms with E-state index in [1.165, 1.54) is 0 Å². The summed E-state index contributed by atoms with van der Waals surface area (Å²) >= 11 is 0. The lowest BCUT2D eigenvalue weighted by Gasteiger charge is -2.06. The molecular weight excluding hydrogens is 180 g/mol. The molecule has 0 heterocycles. The van der Waals surface area contributed by atoms with E-state index in [0.717, 1.165) is 5.56 Å². The second-order valence-electron chi connectivity index (χ2n) is 2.82. The Labute approximate surface area is 81.2 Å². The van der Waals surface area contributed by atoms with Gasteiger partial charge < -0.3 is 5.73 Å². The van der Waals surface area contributed by atoms with Gasteiger partial charge in [-0.3, -0.25) is 4.79 Å². The zero-order valence-corrected chi connectivity index (χ0v) is 7.50. The summed E-state index contributed by atoms with van der Waals surface area (Å²) in [5, 5.41) is 2.94. The third kappa shape index (κ3) is 2.90. The lowest BCUT2D eigenvalue weighted by atomic mass is 10.1. The van der Waals surface area contributed by atoms with Gasteiger partial charge in [0.25, 0.3) is 0 Å². The second kappa shape index (κ2) is 5.01. The molecule has 0 saturated heterocycles. The average molecular weight is 190 g/mol. The minimum Gasteiger partial charge on any atom is -0.321 e. The molecule has 1 amide bonds. The van der Waals surface area contributed by atoms with Crippen LogP contribution in [-0.2, 0) is 11.2 Å². The highest BCUT2D eigenvalue weighted by Crippen LogP contribution is 2.02. The van der Waals surface area contributed by atoms with Gasteiger partial charge in [-0.15, -0.1) is 0 Å². The highest BCUT2D eigenvalue weighted by atomic mass is 16.2. The number of hydrogen-bond donors (Lipinski definition) is 1. The van der Waals surface area contributed by atoms with Crippen molar-refractivity contribution >= 4 is 5.91 Å². The monoisotopic (exact) mass is 190 g/mol. The van der Waals surface area contributed by atoms with E-state index in [4.69, 9.17) is 11.3 Å². The number of hydrogen-bond acceptors (Lipinski definition) is 2. The Morgan fingerprint density at radius 2 is 2.14 bits per heavy atom. The first kappa shape index (κ1) is 10.2. The maximum absolute atomic E-state index is 11.0. The predicted molar refractivity (Wildman–Crippen MR) is 52.3 cm³/mol. The molecule has 5 nitrogen and oxygen atoms in total. The van der Waals surface area contributed by atoms with Crippen LogP contribution in [-0.4, -0.2) is 11.9 Å². The van der Waals surface area contributed by atoms with Crippen molar-refractivity contribution in [1.29, 1.82) is 0 Å². The number of rotatable bonds is 3. The van der Waals surface area contributed by atoms with Crippen molar-refractivity contribution < 1.29 is 4.79 Å². The second-order valence-corrected chi connectivity index (χ2v) is 2.82. The van der Waals surface area contributed by atoms with Gasteiger partial charge in [0.05, 0.1) is 6.04 Å². The maximum Gasteiger partial charge on any atom is 0.235 e. The van der Waals surface area contributed by atoms with Crippen LogP contribution in [0.3, 0.4) is 0 Å². The Balaban J connectivity index is 2.61. The zero-order chi connectivity index (χ0) is 10.4. The highest BCUT2D eigenvalue weighted by molar-refractivity contribution is 5.82. The van der Waals surface area contributed by atoms with Gasteiger partial charge in [-0.25, -0.2) is 0 Å². The van der Waals surface area contributed by atoms with Crippen LogP contribution in [0.4, 0.5) is 0 Å². The van der Waals surface area contributed by atoms with Gasteiger partial charge in [0.2, 0.25) is 5.91 Å². The molecule has 0 aromatic heterocycles. The lowest BCUT2D eigenvalue weighted by molar-refractivity contribution is -0.119. The summed E-state index contributed by atoms with van der Waals surface area (Å²) in [5.41, 5.74) is 14.5. The number of nitrogens with zero attached hydrogens (tertiary/aromatic N) is 3. The fourth-order valence-corrected chi connectivity index (χ4v) is 1.07. The molecule has 1 aromatic rings. The van der Waals surface area contributed by atoms with Crippen molar-refractivity contribution in [2.75, 3.05) is 0 Å². The van der Waals surface area contributed by atoms with Gasteiger partial charge >= 0.3 is 0 Å². The van der Waals surface area contributed by atoms with Crippen LogP contribution in [0.5, 0.6) is 0 Å². The smallest absolute Gasteiger partial charge is 0.235 e. The van der Waals surface area contributed by atoms with Gasteiger partial charge in [0.1, 0.15) is 0 Å². The van der Waals surface area contributed by atoms with E-state index in [0.29, 0.717) is 6.42 Å². The zero-order valence-electron chi connectivity index (χ0n) is 7.50. The van der Waals surface area contributed by atoms with Crippen LogP contribution in [0, 0.1) is 0 Å². The molecule has 1 atom stereocenters. The molecule has 5 heteroatoms. The minimum absolute atomic E-state index is 0.388. The number of carbonyl (C=O) groups excluding carboxylic acids is 1. The third-order valence-corrected chi connectivity index (χ3v) is 1.76. The standard InChI is InChI=1S/C9H10N4O/c10-8(9(14)12-13-11)6-7-4-2-1-3-5-7/h1-5,8H,6,10H2/t8-/m1/s1. The van der Waals surface area contributed by atoms with Crippen LogP contribution in [0.15, 0.2) is 35.4 Å². The lowest BCUT2D eigenvalue weighted by Crippen LogP contribution is -2.30. The summed E-state index contributed by atoms with van der Waals surface area (Å²) in [7, 11) is 0. The molecule has 1 rings (SSSR count). The molecule has 2 N–H and O–H groups in total. The summed E-state index contributed by atoms with van der Waals surface area (Å²) in [4.78, 5) is 13.4. The molecule has 14 heavy (non-hydrogen) atoms. The van der Waals surface area contributed by atoms with Gasteiger partial charge in [0.15, 0.2) is 0 Å². The molecule has 0 bridgehead atoms. The maximum atomic E-state index is 11.0. The predicted octanol–water partition coefficient (Wildman–Crippen LogP) is 1.39. The Morgan fingerprint density at radius 1 is 1.50 bits per heavy atom. The van der Waals surface area contributed by atoms with E-state index in [9.17, 15) is 4.79 Å². The van der Waals surface area contributed by atoms with Crippen LogP contribution in [0.2, 0.25) is 0 Å². The summed E-state index contributed by atoms with van der Waals surface area (Å²) in [6, 6.07) is 8.57. The van der Waals surface area contributed by atoms with Gasteiger partial charge in [-0.1, -0.05) is 30.3 Å². The number of azide groups is 1. The summed E-state index contributed by atoms with van der Waals surface area (Å²) in [5.74, 6) is -0.628. The molecule has 72 valence electrons. The van der Waals surface area contributed by atoms with Crippen LogP contribution >= 0.6 is 0 Å². The molecular formula is C9H10N4O. The summed E-state index contributed by atoms with van der Waals surface area (Å²) < 4.78 is 0. The van der Waals surface area contributed by atoms with E-state index >= 15 is 0 Å². The van der Waals surface area contributed by atoms with E-state index in [1.54, 1.807) is 0 Å². The number of carbonyl (C=O) groups is 1. The fraction of sp³-hybridized carbons (Fsp3) is 0.222. The van der Waals surface area contributed by atoms with Crippen molar-refractivity contribution in [3.8, 4) is 0 Å². The van der Waals surface area contributed by atoms with Crippen molar-refractivity contribution in [2.45, 2.75) is 12.5 Å². The van der Waals surface area contributed by atoms with Crippen LogP contribution in [0.25, 0.3) is 10.4 Å². The fourth-order valence-electron chi connectivity index (χ4n) is 1.07. The van der Waals surface area contributed by atoms with Crippen molar-refractivity contribution in [3.63, 3.8) is 0 Å². The SMILES string of the molecule is [N-]=[N+]=NC(=O)[C@H](N)Cc1ccccc1. The van der Waals surface area contributed by atoms with E-state index in [-0.39, 0.29) is 0 Å². The molecule has 0 spiro atoms. The molecule has 0 radical (unpaired) electrons. The van der Waals surface area contributed by atoms with Gasteiger partial charge in [-0.05, 0) is 22.6 Å². The van der Waals surface area contributed by atoms with Crippen molar-refractivity contribution in [2.24, 2.45) is 10.8 Å². The number of benzene rings is 1. The molecule has 0 aliphatic heterocycles. The Hall–Kier alpha value is -1.84. The molecule has 0 fully saturated rings. The quantitative estimate of drug-likeness (QED) is 0.443. The van der Waals surface area contributed by atoms with Gasteiger partial charge in [0, 0.05) is 4.91 Å². The highest BCUT2D eigenvalue weighted by Gasteiger charge is 2.11. The Kier molecular flexibility index (Phi) is 3.67.